The van der Waals surface area contributed by atoms with Gasteiger partial charge in [-0.15, -0.1) is 0 Å². The normalized spacial score (nSPS) is 21.9. The van der Waals surface area contributed by atoms with Crippen LogP contribution >= 0.6 is 0 Å². The quantitative estimate of drug-likeness (QED) is 0.501. The van der Waals surface area contributed by atoms with Crippen molar-refractivity contribution in [3.63, 3.8) is 0 Å². The van der Waals surface area contributed by atoms with Crippen LogP contribution < -0.4 is 20.1 Å². The zero-order valence-corrected chi connectivity index (χ0v) is 23.2. The lowest BCUT2D eigenvalue weighted by Crippen LogP contribution is -2.57. The molecule has 0 bridgehead atoms. The summed E-state index contributed by atoms with van der Waals surface area (Å²) in [6.07, 6.45) is 2.04. The number of hydrogen-bond donors (Lipinski definition) is 0. The Morgan fingerprint density at radius 1 is 1.24 bits per heavy atom. The van der Waals surface area contributed by atoms with Crippen molar-refractivity contribution in [3.8, 4) is 17.7 Å². The maximum Gasteiger partial charge on any atom is 0.350 e. The molecule has 11 heteroatoms. The minimum absolute atomic E-state index is 0.0757. The Hall–Kier alpha value is -3.65. The molecular weight excluding hydrogens is 484 g/mol. The predicted octanol–water partition coefficient (Wildman–Crippen LogP) is 2.82. The van der Waals surface area contributed by atoms with E-state index in [0.29, 0.717) is 54.1 Å². The molecule has 0 aromatic carbocycles. The molecule has 0 spiro atoms. The smallest absolute Gasteiger partial charge is 0.350 e. The number of nitrogens with zero attached hydrogens (tertiary/aromatic N) is 8. The summed E-state index contributed by atoms with van der Waals surface area (Å²) >= 11 is 0. The highest BCUT2D eigenvalue weighted by Crippen LogP contribution is 2.37. The second-order valence-electron chi connectivity index (χ2n) is 11.0. The minimum Gasteiger partial charge on any atom is -0.479 e. The van der Waals surface area contributed by atoms with E-state index in [1.807, 2.05) is 37.6 Å². The zero-order chi connectivity index (χ0) is 27.4. The third kappa shape index (κ3) is 4.36. The number of hydrogen-bond acceptors (Lipinski definition) is 9. The van der Waals surface area contributed by atoms with Crippen LogP contribution in [0.4, 0.5) is 5.82 Å². The maximum atomic E-state index is 12.9. The van der Waals surface area contributed by atoms with Gasteiger partial charge >= 0.3 is 5.69 Å². The molecule has 2 aliphatic rings. The van der Waals surface area contributed by atoms with Crippen molar-refractivity contribution in [2.75, 3.05) is 24.6 Å². The number of fused-ring (bicyclic) bond motifs is 2. The Labute approximate surface area is 222 Å². The summed E-state index contributed by atoms with van der Waals surface area (Å²) in [7, 11) is 1.71. The first-order chi connectivity index (χ1) is 18.0. The molecule has 3 aromatic heterocycles. The fourth-order valence-corrected chi connectivity index (χ4v) is 5.63. The minimum atomic E-state index is -0.396. The standard InChI is InChI=1S/C27H36N8O3/c1-8-33-21(9-10-28)30-22-23(31-26(36)32(7)25(22)33)35-14-16(2)34(13-17(35)3)18(4)19-11-20-24(29-12-19)37-15-27(5,6)38-20/h11-12,16-18H,8-9,13-15H2,1-7H3/t16-,17+,18?/m1/s1. The van der Waals surface area contributed by atoms with Gasteiger partial charge in [-0.1, -0.05) is 0 Å². The summed E-state index contributed by atoms with van der Waals surface area (Å²) in [5.74, 6) is 2.45. The number of anilines is 1. The van der Waals surface area contributed by atoms with E-state index >= 15 is 0 Å². The first-order valence-electron chi connectivity index (χ1n) is 13.2. The van der Waals surface area contributed by atoms with Gasteiger partial charge in [-0.25, -0.2) is 14.8 Å². The van der Waals surface area contributed by atoms with E-state index < -0.39 is 5.60 Å². The van der Waals surface area contributed by atoms with E-state index in [4.69, 9.17) is 14.5 Å². The molecule has 0 amide bonds. The summed E-state index contributed by atoms with van der Waals surface area (Å²) in [6, 6.07) is 4.57. The second kappa shape index (κ2) is 9.58. The average Bonchev–Trinajstić information content (AvgIpc) is 3.24. The Morgan fingerprint density at radius 3 is 2.71 bits per heavy atom. The molecule has 202 valence electrons. The SMILES string of the molecule is CCn1c(CC#N)nc2c(N3C[C@@H](C)N(C(C)c4cnc5c(c4)OC(C)(C)CO5)C[C@@H]3C)nc(=O)n(C)c21. The molecule has 0 radical (unpaired) electrons. The lowest BCUT2D eigenvalue weighted by atomic mass is 10.0. The number of aromatic nitrogens is 5. The van der Waals surface area contributed by atoms with Gasteiger partial charge in [0.15, 0.2) is 11.6 Å². The van der Waals surface area contributed by atoms with E-state index in [1.165, 1.54) is 4.57 Å². The molecule has 11 nitrogen and oxygen atoms in total. The molecule has 0 aliphatic carbocycles. The van der Waals surface area contributed by atoms with E-state index in [1.54, 1.807) is 7.05 Å². The number of pyridine rings is 1. The van der Waals surface area contributed by atoms with Crippen molar-refractivity contribution >= 4 is 17.0 Å². The Morgan fingerprint density at radius 2 is 2.00 bits per heavy atom. The Balaban J connectivity index is 1.45. The molecule has 3 aromatic rings. The number of ether oxygens (including phenoxy) is 2. The van der Waals surface area contributed by atoms with Crippen LogP contribution in [0, 0.1) is 11.3 Å². The molecule has 2 aliphatic heterocycles. The van der Waals surface area contributed by atoms with E-state index in [-0.39, 0.29) is 30.2 Å². The van der Waals surface area contributed by atoms with Gasteiger partial charge in [0.1, 0.15) is 29.2 Å². The van der Waals surface area contributed by atoms with Crippen molar-refractivity contribution in [2.45, 2.75) is 78.2 Å². The highest BCUT2D eigenvalue weighted by atomic mass is 16.6. The topological polar surface area (TPSA) is 114 Å². The van der Waals surface area contributed by atoms with Crippen LogP contribution in [0.1, 0.15) is 59.0 Å². The first kappa shape index (κ1) is 26.0. The fourth-order valence-electron chi connectivity index (χ4n) is 5.63. The highest BCUT2D eigenvalue weighted by molar-refractivity contribution is 5.84. The fraction of sp³-hybridized carbons (Fsp3) is 0.593. The predicted molar refractivity (Wildman–Crippen MR) is 144 cm³/mol. The number of rotatable bonds is 5. The Kier molecular flexibility index (Phi) is 6.55. The highest BCUT2D eigenvalue weighted by Gasteiger charge is 2.36. The van der Waals surface area contributed by atoms with Gasteiger partial charge in [0, 0.05) is 51.0 Å². The molecule has 5 rings (SSSR count). The van der Waals surface area contributed by atoms with Crippen LogP contribution in [0.5, 0.6) is 11.6 Å². The van der Waals surface area contributed by atoms with Gasteiger partial charge in [-0.2, -0.15) is 10.2 Å². The molecule has 1 fully saturated rings. The molecule has 0 N–H and O–H groups in total. The molecule has 5 heterocycles. The summed E-state index contributed by atoms with van der Waals surface area (Å²) in [4.78, 5) is 31.3. The van der Waals surface area contributed by atoms with Gasteiger partial charge in [-0.3, -0.25) is 9.47 Å². The zero-order valence-electron chi connectivity index (χ0n) is 23.2. The number of piperazine rings is 1. The van der Waals surface area contributed by atoms with Gasteiger partial charge < -0.3 is 18.9 Å². The number of nitriles is 1. The van der Waals surface area contributed by atoms with Gasteiger partial charge in [0.05, 0.1) is 12.5 Å². The second-order valence-corrected chi connectivity index (χ2v) is 11.0. The van der Waals surface area contributed by atoms with Crippen LogP contribution in [0.2, 0.25) is 0 Å². The lowest BCUT2D eigenvalue weighted by molar-refractivity contribution is 0.0173. The third-order valence-corrected chi connectivity index (χ3v) is 7.66. The average molecular weight is 521 g/mol. The van der Waals surface area contributed by atoms with E-state index in [9.17, 15) is 10.1 Å². The Bertz CT molecular complexity index is 1470. The molecule has 3 atom stereocenters. The van der Waals surface area contributed by atoms with Crippen molar-refractivity contribution in [1.29, 1.82) is 5.26 Å². The summed E-state index contributed by atoms with van der Waals surface area (Å²) < 4.78 is 15.4. The van der Waals surface area contributed by atoms with E-state index in [0.717, 1.165) is 12.1 Å². The first-order valence-corrected chi connectivity index (χ1v) is 13.2. The lowest BCUT2D eigenvalue weighted by Gasteiger charge is -2.47. The van der Waals surface area contributed by atoms with Crippen molar-refractivity contribution < 1.29 is 9.47 Å². The van der Waals surface area contributed by atoms with Crippen LogP contribution in [0.3, 0.4) is 0 Å². The van der Waals surface area contributed by atoms with Crippen molar-refractivity contribution in [1.82, 2.24) is 29.0 Å². The van der Waals surface area contributed by atoms with Gasteiger partial charge in [0.2, 0.25) is 0 Å². The van der Waals surface area contributed by atoms with Crippen LogP contribution in [0.15, 0.2) is 17.1 Å². The van der Waals surface area contributed by atoms with Gasteiger partial charge in [0.25, 0.3) is 5.88 Å². The number of aryl methyl sites for hydroxylation is 2. The molecule has 38 heavy (non-hydrogen) atoms. The molecule has 1 unspecified atom stereocenters. The largest absolute Gasteiger partial charge is 0.479 e. The maximum absolute atomic E-state index is 12.9. The molecule has 1 saturated heterocycles. The summed E-state index contributed by atoms with van der Waals surface area (Å²) in [5.41, 5.74) is 1.71. The van der Waals surface area contributed by atoms with Crippen LogP contribution in [-0.4, -0.2) is 66.4 Å². The van der Waals surface area contributed by atoms with Crippen molar-refractivity contribution in [3.05, 3.63) is 34.1 Å². The van der Waals surface area contributed by atoms with Gasteiger partial charge in [-0.05, 0) is 53.2 Å². The summed E-state index contributed by atoms with van der Waals surface area (Å²) in [6.45, 7) is 15.0. The monoisotopic (exact) mass is 520 g/mol. The molecule has 0 saturated carbocycles. The summed E-state index contributed by atoms with van der Waals surface area (Å²) in [5, 5.41) is 9.33. The van der Waals surface area contributed by atoms with Crippen LogP contribution in [-0.2, 0) is 20.0 Å². The van der Waals surface area contributed by atoms with E-state index in [2.05, 4.69) is 46.6 Å². The van der Waals surface area contributed by atoms with Crippen molar-refractivity contribution in [2.24, 2.45) is 7.05 Å². The molecular formula is C27H36N8O3. The number of imidazole rings is 1. The van der Waals surface area contributed by atoms with Crippen LogP contribution in [0.25, 0.3) is 11.2 Å². The third-order valence-electron chi connectivity index (χ3n) is 7.66.